The summed E-state index contributed by atoms with van der Waals surface area (Å²) in [5.74, 6) is -0.126. The van der Waals surface area contributed by atoms with Gasteiger partial charge in [-0.3, -0.25) is 9.59 Å². The molecule has 4 nitrogen and oxygen atoms in total. The van der Waals surface area contributed by atoms with E-state index in [0.29, 0.717) is 13.0 Å². The van der Waals surface area contributed by atoms with Crippen molar-refractivity contribution in [2.45, 2.75) is 18.6 Å². The molecule has 0 fully saturated rings. The van der Waals surface area contributed by atoms with Crippen molar-refractivity contribution >= 4 is 24.4 Å². The third kappa shape index (κ3) is 4.77. The van der Waals surface area contributed by atoms with Crippen molar-refractivity contribution in [3.63, 3.8) is 0 Å². The first-order valence-corrected chi connectivity index (χ1v) is 4.64. The van der Waals surface area contributed by atoms with Crippen LogP contribution < -0.4 is 5.32 Å². The van der Waals surface area contributed by atoms with E-state index in [2.05, 4.69) is 17.9 Å². The van der Waals surface area contributed by atoms with E-state index in [0.717, 1.165) is 0 Å². The number of carbonyl (C=O) groups is 2. The zero-order valence-corrected chi connectivity index (χ0v) is 9.10. The molecule has 13 heavy (non-hydrogen) atoms. The average Bonchev–Trinajstić information content (AvgIpc) is 2.11. The Bertz CT molecular complexity index is 195. The van der Waals surface area contributed by atoms with Crippen molar-refractivity contribution in [3.8, 4) is 0 Å². The van der Waals surface area contributed by atoms with Crippen LogP contribution in [0.3, 0.4) is 0 Å². The van der Waals surface area contributed by atoms with Crippen molar-refractivity contribution < 1.29 is 9.59 Å². The second-order valence-electron chi connectivity index (χ2n) is 2.86. The highest BCUT2D eigenvalue weighted by Crippen LogP contribution is 1.99. The minimum Gasteiger partial charge on any atom is -0.359 e. The van der Waals surface area contributed by atoms with Gasteiger partial charge in [-0.05, 0) is 6.92 Å². The van der Waals surface area contributed by atoms with Gasteiger partial charge in [-0.1, -0.05) is 0 Å². The van der Waals surface area contributed by atoms with Crippen molar-refractivity contribution in [2.24, 2.45) is 0 Å². The largest absolute Gasteiger partial charge is 0.359 e. The summed E-state index contributed by atoms with van der Waals surface area (Å²) in [6, 6.07) is 0. The quantitative estimate of drug-likeness (QED) is 0.628. The Morgan fingerprint density at radius 2 is 2.08 bits per heavy atom. The zero-order valence-electron chi connectivity index (χ0n) is 8.20. The molecule has 0 aromatic rings. The van der Waals surface area contributed by atoms with Crippen LogP contribution in [-0.2, 0) is 9.59 Å². The number of rotatable bonds is 4. The third-order valence-electron chi connectivity index (χ3n) is 1.69. The molecule has 0 rings (SSSR count). The molecule has 1 unspecified atom stereocenters. The van der Waals surface area contributed by atoms with Gasteiger partial charge in [0.05, 0.1) is 5.25 Å². The van der Waals surface area contributed by atoms with Crippen LogP contribution in [0.25, 0.3) is 0 Å². The van der Waals surface area contributed by atoms with Gasteiger partial charge in [0.25, 0.3) is 0 Å². The maximum atomic E-state index is 11.3. The van der Waals surface area contributed by atoms with Gasteiger partial charge in [0, 0.05) is 27.1 Å². The maximum absolute atomic E-state index is 11.3. The molecule has 0 heterocycles. The van der Waals surface area contributed by atoms with Crippen LogP contribution in [0.4, 0.5) is 0 Å². The second kappa shape index (κ2) is 5.85. The molecule has 0 saturated heterocycles. The SMILES string of the molecule is CNC(=O)CCN(C)C(=O)C(C)S. The topological polar surface area (TPSA) is 49.4 Å². The molecule has 0 bridgehead atoms. The fourth-order valence-electron chi connectivity index (χ4n) is 0.823. The molecule has 1 N–H and O–H groups in total. The van der Waals surface area contributed by atoms with Gasteiger partial charge < -0.3 is 10.2 Å². The third-order valence-corrected chi connectivity index (χ3v) is 1.91. The lowest BCUT2D eigenvalue weighted by Crippen LogP contribution is -2.35. The second-order valence-corrected chi connectivity index (χ2v) is 3.63. The monoisotopic (exact) mass is 204 g/mol. The molecule has 76 valence electrons. The van der Waals surface area contributed by atoms with E-state index in [1.54, 1.807) is 21.0 Å². The van der Waals surface area contributed by atoms with Crippen molar-refractivity contribution in [1.82, 2.24) is 10.2 Å². The highest BCUT2D eigenvalue weighted by molar-refractivity contribution is 7.81. The molecule has 0 aliphatic heterocycles. The fourth-order valence-corrected chi connectivity index (χ4v) is 1.02. The normalized spacial score (nSPS) is 12.0. The molecule has 0 aromatic carbocycles. The highest BCUT2D eigenvalue weighted by atomic mass is 32.1. The number of carbonyl (C=O) groups excluding carboxylic acids is 2. The summed E-state index contributed by atoms with van der Waals surface area (Å²) in [7, 11) is 3.24. The zero-order chi connectivity index (χ0) is 10.4. The molecule has 0 aliphatic carbocycles. The first-order chi connectivity index (χ1) is 5.99. The Morgan fingerprint density at radius 1 is 1.54 bits per heavy atom. The van der Waals surface area contributed by atoms with Gasteiger partial charge in [-0.25, -0.2) is 0 Å². The van der Waals surface area contributed by atoms with Crippen LogP contribution in [-0.4, -0.2) is 42.6 Å². The standard InChI is InChI=1S/C8H16N2O2S/c1-6(13)8(12)10(3)5-4-7(11)9-2/h6,13H,4-5H2,1-3H3,(H,9,11). The van der Waals surface area contributed by atoms with E-state index in [1.807, 2.05) is 0 Å². The van der Waals surface area contributed by atoms with E-state index in [1.165, 1.54) is 4.90 Å². The molecule has 0 aromatic heterocycles. The minimum atomic E-state index is -0.310. The summed E-state index contributed by atoms with van der Waals surface area (Å²) in [4.78, 5) is 23.6. The fraction of sp³-hybridized carbons (Fsp3) is 0.750. The molecule has 1 atom stereocenters. The average molecular weight is 204 g/mol. The lowest BCUT2D eigenvalue weighted by molar-refractivity contribution is -0.129. The van der Waals surface area contributed by atoms with Gasteiger partial charge >= 0.3 is 0 Å². The van der Waals surface area contributed by atoms with E-state index >= 15 is 0 Å². The number of thiol groups is 1. The predicted octanol–water partition coefficient (Wildman–Crippen LogP) is -0.101. The highest BCUT2D eigenvalue weighted by Gasteiger charge is 2.13. The molecule has 2 amide bonds. The van der Waals surface area contributed by atoms with Crippen molar-refractivity contribution in [3.05, 3.63) is 0 Å². The van der Waals surface area contributed by atoms with Crippen LogP contribution >= 0.6 is 12.6 Å². The van der Waals surface area contributed by atoms with E-state index in [4.69, 9.17) is 0 Å². The maximum Gasteiger partial charge on any atom is 0.234 e. The van der Waals surface area contributed by atoms with Crippen molar-refractivity contribution in [2.75, 3.05) is 20.6 Å². The Balaban J connectivity index is 3.81. The lowest BCUT2D eigenvalue weighted by Gasteiger charge is -2.18. The first kappa shape index (κ1) is 12.3. The lowest BCUT2D eigenvalue weighted by atomic mass is 10.3. The molecular weight excluding hydrogens is 188 g/mol. The van der Waals surface area contributed by atoms with Gasteiger partial charge in [-0.2, -0.15) is 12.6 Å². The predicted molar refractivity (Wildman–Crippen MR) is 54.8 cm³/mol. The van der Waals surface area contributed by atoms with Gasteiger partial charge in [-0.15, -0.1) is 0 Å². The van der Waals surface area contributed by atoms with Crippen LogP contribution in [0.1, 0.15) is 13.3 Å². The molecular formula is C8H16N2O2S. The Morgan fingerprint density at radius 3 is 2.46 bits per heavy atom. The van der Waals surface area contributed by atoms with E-state index in [9.17, 15) is 9.59 Å². The molecule has 0 aliphatic rings. The molecule has 0 spiro atoms. The summed E-state index contributed by atoms with van der Waals surface area (Å²) < 4.78 is 0. The van der Waals surface area contributed by atoms with E-state index in [-0.39, 0.29) is 17.1 Å². The molecule has 0 radical (unpaired) electrons. The number of hydrogen-bond acceptors (Lipinski definition) is 3. The molecule has 0 saturated carbocycles. The number of nitrogens with zero attached hydrogens (tertiary/aromatic N) is 1. The van der Waals surface area contributed by atoms with Crippen molar-refractivity contribution in [1.29, 1.82) is 0 Å². The van der Waals surface area contributed by atoms with E-state index < -0.39 is 0 Å². The summed E-state index contributed by atoms with van der Waals surface area (Å²) in [5.41, 5.74) is 0. The summed E-state index contributed by atoms with van der Waals surface area (Å²) in [6.45, 7) is 2.14. The number of hydrogen-bond donors (Lipinski definition) is 2. The smallest absolute Gasteiger partial charge is 0.234 e. The van der Waals surface area contributed by atoms with Crippen LogP contribution in [0.5, 0.6) is 0 Å². The van der Waals surface area contributed by atoms with Crippen LogP contribution in [0, 0.1) is 0 Å². The number of nitrogens with one attached hydrogen (secondary N) is 1. The minimum absolute atomic E-state index is 0.0627. The molecule has 5 heteroatoms. The van der Waals surface area contributed by atoms with Crippen LogP contribution in [0.15, 0.2) is 0 Å². The number of amides is 2. The Kier molecular flexibility index (Phi) is 5.53. The van der Waals surface area contributed by atoms with Gasteiger partial charge in [0.1, 0.15) is 0 Å². The Labute approximate surface area is 84.1 Å². The summed E-state index contributed by atoms with van der Waals surface area (Å²) in [6.07, 6.45) is 0.333. The summed E-state index contributed by atoms with van der Waals surface area (Å²) in [5, 5.41) is 2.18. The van der Waals surface area contributed by atoms with Gasteiger partial charge in [0.15, 0.2) is 0 Å². The first-order valence-electron chi connectivity index (χ1n) is 4.12. The Hall–Kier alpha value is -0.710. The summed E-state index contributed by atoms with van der Waals surface area (Å²) >= 11 is 4.01. The van der Waals surface area contributed by atoms with Gasteiger partial charge in [0.2, 0.25) is 11.8 Å². The van der Waals surface area contributed by atoms with Crippen LogP contribution in [0.2, 0.25) is 0 Å².